The SMILES string of the molecule is CCOC(=O)C1=C(C)N(CC)C(=S)N[C@@H]1c1ccc(NC(=O)Nc2ccc(C)c(C)c2)cc1. The van der Waals surface area contributed by atoms with Gasteiger partial charge in [0.05, 0.1) is 18.2 Å². The van der Waals surface area contributed by atoms with Crippen molar-refractivity contribution in [2.24, 2.45) is 0 Å². The number of thiocarbonyl (C=S) groups is 1. The second-order valence-electron chi connectivity index (χ2n) is 7.85. The highest BCUT2D eigenvalue weighted by molar-refractivity contribution is 7.80. The molecule has 0 saturated carbocycles. The molecule has 2 aromatic carbocycles. The molecule has 0 fully saturated rings. The fraction of sp³-hybridized carbons (Fsp3) is 0.320. The molecule has 0 saturated heterocycles. The van der Waals surface area contributed by atoms with E-state index < -0.39 is 6.04 Å². The lowest BCUT2D eigenvalue weighted by atomic mass is 9.95. The Hall–Kier alpha value is -3.39. The van der Waals surface area contributed by atoms with Gasteiger partial charge in [0, 0.05) is 23.6 Å². The van der Waals surface area contributed by atoms with Crippen LogP contribution >= 0.6 is 12.2 Å². The summed E-state index contributed by atoms with van der Waals surface area (Å²) in [4.78, 5) is 27.0. The maximum atomic E-state index is 12.7. The lowest BCUT2D eigenvalue weighted by Gasteiger charge is -2.37. The van der Waals surface area contributed by atoms with Gasteiger partial charge in [0.25, 0.3) is 0 Å². The lowest BCUT2D eigenvalue weighted by molar-refractivity contribution is -0.139. The molecular formula is C25H30N4O3S. The number of anilines is 2. The number of allylic oxidation sites excluding steroid dienone is 1. The second-order valence-corrected chi connectivity index (χ2v) is 8.23. The summed E-state index contributed by atoms with van der Waals surface area (Å²) < 4.78 is 5.31. The van der Waals surface area contributed by atoms with Crippen LogP contribution in [-0.4, -0.2) is 35.2 Å². The van der Waals surface area contributed by atoms with Crippen LogP contribution in [0, 0.1) is 13.8 Å². The molecule has 8 heteroatoms. The number of carbonyl (C=O) groups excluding carboxylic acids is 2. The number of rotatable bonds is 6. The molecule has 7 nitrogen and oxygen atoms in total. The van der Waals surface area contributed by atoms with Crippen molar-refractivity contribution in [2.75, 3.05) is 23.8 Å². The van der Waals surface area contributed by atoms with Crippen molar-refractivity contribution in [3.63, 3.8) is 0 Å². The summed E-state index contributed by atoms with van der Waals surface area (Å²) in [5.41, 5.74) is 5.79. The van der Waals surface area contributed by atoms with E-state index in [9.17, 15) is 9.59 Å². The Labute approximate surface area is 200 Å². The van der Waals surface area contributed by atoms with Gasteiger partial charge in [-0.1, -0.05) is 18.2 Å². The quantitative estimate of drug-likeness (QED) is 0.409. The van der Waals surface area contributed by atoms with Crippen molar-refractivity contribution in [2.45, 2.75) is 40.7 Å². The molecule has 3 N–H and O–H groups in total. The van der Waals surface area contributed by atoms with Crippen molar-refractivity contribution in [3.05, 3.63) is 70.4 Å². The van der Waals surface area contributed by atoms with E-state index in [4.69, 9.17) is 17.0 Å². The van der Waals surface area contributed by atoms with Gasteiger partial charge in [0.1, 0.15) is 0 Å². The molecule has 0 aliphatic carbocycles. The monoisotopic (exact) mass is 466 g/mol. The van der Waals surface area contributed by atoms with Crippen molar-refractivity contribution in [3.8, 4) is 0 Å². The number of nitrogens with one attached hydrogen (secondary N) is 3. The van der Waals surface area contributed by atoms with Gasteiger partial charge in [-0.3, -0.25) is 0 Å². The van der Waals surface area contributed by atoms with Gasteiger partial charge >= 0.3 is 12.0 Å². The smallest absolute Gasteiger partial charge is 0.338 e. The van der Waals surface area contributed by atoms with E-state index in [2.05, 4.69) is 16.0 Å². The normalized spacial score (nSPS) is 15.7. The number of amides is 2. The summed E-state index contributed by atoms with van der Waals surface area (Å²) in [6, 6.07) is 12.3. The average Bonchev–Trinajstić information content (AvgIpc) is 2.77. The van der Waals surface area contributed by atoms with Crippen molar-refractivity contribution in [1.29, 1.82) is 0 Å². The Morgan fingerprint density at radius 3 is 2.24 bits per heavy atom. The van der Waals surface area contributed by atoms with Gasteiger partial charge in [0.2, 0.25) is 0 Å². The molecule has 1 aliphatic heterocycles. The Morgan fingerprint density at radius 1 is 1.00 bits per heavy atom. The highest BCUT2D eigenvalue weighted by Gasteiger charge is 2.34. The standard InChI is InChI=1S/C25H30N4O3S/c1-6-29-17(5)21(23(30)32-7-2)22(28-25(29)33)18-9-12-19(13-10-18)26-24(31)27-20-11-8-15(3)16(4)14-20/h8-14,22H,6-7H2,1-5H3,(H,28,33)(H2,26,27,31)/t22-/m1/s1. The molecule has 33 heavy (non-hydrogen) atoms. The predicted octanol–water partition coefficient (Wildman–Crippen LogP) is 5.04. The predicted molar refractivity (Wildman–Crippen MR) is 135 cm³/mol. The Morgan fingerprint density at radius 2 is 1.64 bits per heavy atom. The molecule has 1 aliphatic rings. The molecule has 0 spiro atoms. The summed E-state index contributed by atoms with van der Waals surface area (Å²) in [6.07, 6.45) is 0. The first-order chi connectivity index (χ1) is 15.7. The third-order valence-corrected chi connectivity index (χ3v) is 6.01. The number of urea groups is 1. The molecule has 0 radical (unpaired) electrons. The van der Waals surface area contributed by atoms with Crippen LogP contribution in [0.2, 0.25) is 0 Å². The number of nitrogens with zero attached hydrogens (tertiary/aromatic N) is 1. The van der Waals surface area contributed by atoms with Crippen LogP contribution in [0.25, 0.3) is 0 Å². The highest BCUT2D eigenvalue weighted by Crippen LogP contribution is 2.32. The molecule has 0 unspecified atom stereocenters. The molecule has 0 bridgehead atoms. The summed E-state index contributed by atoms with van der Waals surface area (Å²) >= 11 is 5.51. The third-order valence-electron chi connectivity index (χ3n) is 5.67. The summed E-state index contributed by atoms with van der Waals surface area (Å²) in [5, 5.41) is 9.49. The maximum absolute atomic E-state index is 12.7. The highest BCUT2D eigenvalue weighted by atomic mass is 32.1. The zero-order valence-corrected chi connectivity index (χ0v) is 20.4. The minimum atomic E-state index is -0.433. The van der Waals surface area contributed by atoms with Crippen LogP contribution in [0.1, 0.15) is 43.5 Å². The van der Waals surface area contributed by atoms with Crippen LogP contribution in [0.15, 0.2) is 53.7 Å². The molecular weight excluding hydrogens is 436 g/mol. The molecule has 174 valence electrons. The molecule has 3 rings (SSSR count). The Bertz CT molecular complexity index is 1100. The fourth-order valence-electron chi connectivity index (χ4n) is 3.76. The third kappa shape index (κ3) is 5.51. The topological polar surface area (TPSA) is 82.7 Å². The minimum absolute atomic E-state index is 0.289. The fourth-order valence-corrected chi connectivity index (χ4v) is 4.14. The summed E-state index contributed by atoms with van der Waals surface area (Å²) in [7, 11) is 0. The van der Waals surface area contributed by atoms with Crippen LogP contribution in [0.3, 0.4) is 0 Å². The first-order valence-electron chi connectivity index (χ1n) is 11.0. The van der Waals surface area contributed by atoms with Crippen LogP contribution in [0.5, 0.6) is 0 Å². The first-order valence-corrected chi connectivity index (χ1v) is 11.4. The number of ether oxygens (including phenoxy) is 1. The van der Waals surface area contributed by atoms with Gasteiger partial charge in [-0.2, -0.15) is 0 Å². The van der Waals surface area contributed by atoms with E-state index in [0.29, 0.717) is 22.9 Å². The van der Waals surface area contributed by atoms with Crippen molar-refractivity contribution in [1.82, 2.24) is 10.2 Å². The number of carbonyl (C=O) groups is 2. The van der Waals surface area contributed by atoms with Crippen LogP contribution in [0.4, 0.5) is 16.2 Å². The van der Waals surface area contributed by atoms with Crippen LogP contribution in [-0.2, 0) is 9.53 Å². The van der Waals surface area contributed by atoms with E-state index in [-0.39, 0.29) is 18.6 Å². The average molecular weight is 467 g/mol. The van der Waals surface area contributed by atoms with Gasteiger partial charge < -0.3 is 25.6 Å². The van der Waals surface area contributed by atoms with Gasteiger partial charge in [-0.15, -0.1) is 0 Å². The zero-order valence-electron chi connectivity index (χ0n) is 19.6. The van der Waals surface area contributed by atoms with Gasteiger partial charge in [0.15, 0.2) is 5.11 Å². The van der Waals surface area contributed by atoms with Crippen LogP contribution < -0.4 is 16.0 Å². The molecule has 1 heterocycles. The van der Waals surface area contributed by atoms with Crippen molar-refractivity contribution >= 4 is 40.7 Å². The lowest BCUT2D eigenvalue weighted by Crippen LogP contribution is -2.47. The Kier molecular flexibility index (Phi) is 7.71. The zero-order chi connectivity index (χ0) is 24.1. The molecule has 2 aromatic rings. The summed E-state index contributed by atoms with van der Waals surface area (Å²) in [6.45, 7) is 10.6. The van der Waals surface area contributed by atoms with E-state index in [1.54, 1.807) is 19.1 Å². The second kappa shape index (κ2) is 10.5. The molecule has 2 amide bonds. The van der Waals surface area contributed by atoms with E-state index >= 15 is 0 Å². The first kappa shape index (κ1) is 24.3. The number of hydrogen-bond acceptors (Lipinski definition) is 4. The largest absolute Gasteiger partial charge is 0.463 e. The number of aryl methyl sites for hydroxylation is 2. The van der Waals surface area contributed by atoms with Gasteiger partial charge in [-0.05, 0) is 87.8 Å². The Balaban J connectivity index is 1.78. The number of benzene rings is 2. The van der Waals surface area contributed by atoms with E-state index in [1.165, 1.54) is 5.56 Å². The molecule has 1 atom stereocenters. The molecule has 0 aromatic heterocycles. The minimum Gasteiger partial charge on any atom is -0.463 e. The van der Waals surface area contributed by atoms with Gasteiger partial charge in [-0.25, -0.2) is 9.59 Å². The van der Waals surface area contributed by atoms with E-state index in [0.717, 1.165) is 22.5 Å². The number of hydrogen-bond donors (Lipinski definition) is 3. The van der Waals surface area contributed by atoms with Crippen molar-refractivity contribution < 1.29 is 14.3 Å². The maximum Gasteiger partial charge on any atom is 0.338 e. The number of esters is 1. The summed E-state index contributed by atoms with van der Waals surface area (Å²) in [5.74, 6) is -0.372. The van der Waals surface area contributed by atoms with E-state index in [1.807, 2.05) is 62.9 Å².